The molecule has 0 heterocycles. The van der Waals surface area contributed by atoms with E-state index in [2.05, 4.69) is 37.0 Å². The lowest BCUT2D eigenvalue weighted by Gasteiger charge is -2.15. The molecule has 4 N–H and O–H groups in total. The molecule has 0 aliphatic heterocycles. The van der Waals surface area contributed by atoms with E-state index in [0.717, 1.165) is 31.2 Å². The maximum atomic E-state index is 5.34. The number of guanidine groups is 1. The zero-order valence-corrected chi connectivity index (χ0v) is 12.7. The Balaban J connectivity index is 1.98. The van der Waals surface area contributed by atoms with E-state index in [4.69, 9.17) is 11.5 Å². The Morgan fingerprint density at radius 2 is 2.15 bits per heavy atom. The molecule has 0 bridgehead atoms. The van der Waals surface area contributed by atoms with E-state index in [1.807, 2.05) is 0 Å². The summed E-state index contributed by atoms with van der Waals surface area (Å²) in [5.74, 6) is 1.73. The zero-order chi connectivity index (χ0) is 14.5. The molecule has 0 saturated heterocycles. The Morgan fingerprint density at radius 3 is 2.85 bits per heavy atom. The van der Waals surface area contributed by atoms with Crippen LogP contribution in [-0.2, 0) is 12.8 Å². The summed E-state index contributed by atoms with van der Waals surface area (Å²) in [5, 5.41) is 0. The van der Waals surface area contributed by atoms with Gasteiger partial charge in [0.1, 0.15) is 0 Å². The average Bonchev–Trinajstić information content (AvgIpc) is 2.76. The highest BCUT2D eigenvalue weighted by Gasteiger charge is 2.23. The molecule has 1 aliphatic carbocycles. The monoisotopic (exact) mass is 273 g/mol. The molecule has 1 atom stereocenters. The quantitative estimate of drug-likeness (QED) is 0.475. The van der Waals surface area contributed by atoms with E-state index in [-0.39, 0.29) is 5.96 Å². The summed E-state index contributed by atoms with van der Waals surface area (Å²) in [7, 11) is 0. The Morgan fingerprint density at radius 1 is 1.35 bits per heavy atom. The normalized spacial score (nSPS) is 17.2. The maximum Gasteiger partial charge on any atom is 0.185 e. The summed E-state index contributed by atoms with van der Waals surface area (Å²) >= 11 is 0. The largest absolute Gasteiger partial charge is 0.370 e. The highest BCUT2D eigenvalue weighted by atomic mass is 15.0. The van der Waals surface area contributed by atoms with Gasteiger partial charge in [-0.1, -0.05) is 32.0 Å². The van der Waals surface area contributed by atoms with Gasteiger partial charge in [0.05, 0.1) is 0 Å². The van der Waals surface area contributed by atoms with Crippen LogP contribution in [0.15, 0.2) is 23.2 Å². The van der Waals surface area contributed by atoms with Gasteiger partial charge in [-0.05, 0) is 60.6 Å². The summed E-state index contributed by atoms with van der Waals surface area (Å²) in [6.45, 7) is 5.35. The molecule has 0 fully saturated rings. The van der Waals surface area contributed by atoms with E-state index in [0.29, 0.717) is 0 Å². The van der Waals surface area contributed by atoms with Gasteiger partial charge in [-0.2, -0.15) is 0 Å². The number of fused-ring (bicyclic) bond motifs is 1. The fourth-order valence-electron chi connectivity index (χ4n) is 3.20. The van der Waals surface area contributed by atoms with Gasteiger partial charge in [-0.15, -0.1) is 0 Å². The van der Waals surface area contributed by atoms with E-state index < -0.39 is 0 Å². The van der Waals surface area contributed by atoms with Crippen molar-refractivity contribution in [3.05, 3.63) is 34.9 Å². The van der Waals surface area contributed by atoms with Gasteiger partial charge < -0.3 is 11.5 Å². The first kappa shape index (κ1) is 14.9. The third-order valence-corrected chi connectivity index (χ3v) is 4.09. The summed E-state index contributed by atoms with van der Waals surface area (Å²) in [6.07, 6.45) is 5.94. The Labute approximate surface area is 122 Å². The smallest absolute Gasteiger partial charge is 0.185 e. The number of benzene rings is 1. The molecule has 0 spiro atoms. The van der Waals surface area contributed by atoms with Crippen LogP contribution >= 0.6 is 0 Å². The van der Waals surface area contributed by atoms with Crippen LogP contribution in [0.5, 0.6) is 0 Å². The van der Waals surface area contributed by atoms with Crippen LogP contribution in [0.4, 0.5) is 0 Å². The standard InChI is InChI=1S/C17H27N3/c1-12(2)10-15-8-7-14-6-5-13(11-16(14)15)4-3-9-20-17(18)19/h5-6,11-12,15H,3-4,7-10H2,1-2H3,(H4,18,19,20). The lowest BCUT2D eigenvalue weighted by Crippen LogP contribution is -2.23. The van der Waals surface area contributed by atoms with E-state index in [9.17, 15) is 0 Å². The molecule has 0 aromatic heterocycles. The maximum absolute atomic E-state index is 5.34. The fourth-order valence-corrected chi connectivity index (χ4v) is 3.20. The van der Waals surface area contributed by atoms with Crippen LogP contribution in [0.25, 0.3) is 0 Å². The van der Waals surface area contributed by atoms with Crippen molar-refractivity contribution in [3.8, 4) is 0 Å². The van der Waals surface area contributed by atoms with Crippen molar-refractivity contribution in [1.29, 1.82) is 0 Å². The number of hydrogen-bond acceptors (Lipinski definition) is 1. The third-order valence-electron chi connectivity index (χ3n) is 4.09. The second-order valence-electron chi connectivity index (χ2n) is 6.31. The summed E-state index contributed by atoms with van der Waals surface area (Å²) in [6, 6.07) is 7.02. The molecule has 1 aromatic rings. The summed E-state index contributed by atoms with van der Waals surface area (Å²) in [4.78, 5) is 4.04. The van der Waals surface area contributed by atoms with E-state index in [1.54, 1.807) is 11.1 Å². The van der Waals surface area contributed by atoms with Crippen LogP contribution in [-0.4, -0.2) is 12.5 Å². The van der Waals surface area contributed by atoms with Crippen molar-refractivity contribution >= 4 is 5.96 Å². The molecule has 3 heteroatoms. The molecule has 110 valence electrons. The Bertz CT molecular complexity index is 473. The van der Waals surface area contributed by atoms with Crippen LogP contribution in [0, 0.1) is 5.92 Å². The highest BCUT2D eigenvalue weighted by molar-refractivity contribution is 5.75. The summed E-state index contributed by atoms with van der Waals surface area (Å²) < 4.78 is 0. The molecule has 3 nitrogen and oxygen atoms in total. The van der Waals surface area contributed by atoms with Gasteiger partial charge >= 0.3 is 0 Å². The molecule has 1 unspecified atom stereocenters. The Hall–Kier alpha value is -1.51. The van der Waals surface area contributed by atoms with E-state index in [1.165, 1.54) is 24.8 Å². The van der Waals surface area contributed by atoms with Crippen molar-refractivity contribution in [3.63, 3.8) is 0 Å². The van der Waals surface area contributed by atoms with Crippen molar-refractivity contribution in [2.45, 2.75) is 51.9 Å². The number of nitrogens with two attached hydrogens (primary N) is 2. The lowest BCUT2D eigenvalue weighted by molar-refractivity contribution is 0.497. The lowest BCUT2D eigenvalue weighted by atomic mass is 9.90. The first-order valence-electron chi connectivity index (χ1n) is 7.73. The van der Waals surface area contributed by atoms with Gasteiger partial charge in [0.15, 0.2) is 5.96 Å². The number of hydrogen-bond donors (Lipinski definition) is 2. The molecule has 1 aromatic carbocycles. The topological polar surface area (TPSA) is 64.4 Å². The van der Waals surface area contributed by atoms with Gasteiger partial charge in [0.25, 0.3) is 0 Å². The van der Waals surface area contributed by atoms with Crippen molar-refractivity contribution < 1.29 is 0 Å². The Kier molecular flexibility index (Phi) is 5.05. The van der Waals surface area contributed by atoms with Gasteiger partial charge in [0.2, 0.25) is 0 Å². The minimum Gasteiger partial charge on any atom is -0.370 e. The first-order valence-corrected chi connectivity index (χ1v) is 7.73. The molecular formula is C17H27N3. The fraction of sp³-hybridized carbons (Fsp3) is 0.588. The molecule has 20 heavy (non-hydrogen) atoms. The first-order chi connectivity index (χ1) is 9.56. The number of aryl methyl sites for hydroxylation is 2. The van der Waals surface area contributed by atoms with Gasteiger partial charge in [-0.3, -0.25) is 4.99 Å². The number of aliphatic imine (C=N–C) groups is 1. The number of rotatable bonds is 6. The predicted molar refractivity (Wildman–Crippen MR) is 86.0 cm³/mol. The second kappa shape index (κ2) is 6.78. The third kappa shape index (κ3) is 3.99. The molecule has 0 amide bonds. The van der Waals surface area contributed by atoms with Crippen molar-refractivity contribution in [2.24, 2.45) is 22.4 Å². The zero-order valence-electron chi connectivity index (χ0n) is 12.7. The second-order valence-corrected chi connectivity index (χ2v) is 6.31. The minimum atomic E-state index is 0.191. The number of nitrogens with zero attached hydrogens (tertiary/aromatic N) is 1. The molecule has 0 saturated carbocycles. The van der Waals surface area contributed by atoms with Gasteiger partial charge in [0, 0.05) is 6.54 Å². The van der Waals surface area contributed by atoms with Crippen LogP contribution in [0.2, 0.25) is 0 Å². The summed E-state index contributed by atoms with van der Waals surface area (Å²) in [5.41, 5.74) is 15.3. The van der Waals surface area contributed by atoms with Crippen LogP contribution in [0.3, 0.4) is 0 Å². The average molecular weight is 273 g/mol. The van der Waals surface area contributed by atoms with Gasteiger partial charge in [-0.25, -0.2) is 0 Å². The predicted octanol–water partition coefficient (Wildman–Crippen LogP) is 2.97. The SMILES string of the molecule is CC(C)CC1CCc2ccc(CCCN=C(N)N)cc21. The highest BCUT2D eigenvalue weighted by Crippen LogP contribution is 2.37. The van der Waals surface area contributed by atoms with Crippen molar-refractivity contribution in [1.82, 2.24) is 0 Å². The molecule has 2 rings (SSSR count). The molecular weight excluding hydrogens is 246 g/mol. The molecule has 1 aliphatic rings. The minimum absolute atomic E-state index is 0.191. The van der Waals surface area contributed by atoms with E-state index >= 15 is 0 Å². The van der Waals surface area contributed by atoms with Crippen LogP contribution < -0.4 is 11.5 Å². The molecule has 0 radical (unpaired) electrons. The van der Waals surface area contributed by atoms with Crippen molar-refractivity contribution in [2.75, 3.05) is 6.54 Å². The van der Waals surface area contributed by atoms with Crippen LogP contribution in [0.1, 0.15) is 55.7 Å².